The third kappa shape index (κ3) is 3.09. The number of pyridine rings is 2. The zero-order valence-electron chi connectivity index (χ0n) is 11.6. The molecule has 0 amide bonds. The molecule has 2 aromatic rings. The van der Waals surface area contributed by atoms with Crippen molar-refractivity contribution >= 4 is 23.2 Å². The highest BCUT2D eigenvalue weighted by Crippen LogP contribution is 2.22. The van der Waals surface area contributed by atoms with Crippen molar-refractivity contribution in [2.24, 2.45) is 0 Å². The first-order valence-corrected chi connectivity index (χ1v) is 7.32. The third-order valence-corrected chi connectivity index (χ3v) is 4.01. The third-order valence-electron chi connectivity index (χ3n) is 3.67. The van der Waals surface area contributed by atoms with E-state index in [0.29, 0.717) is 10.6 Å². The van der Waals surface area contributed by atoms with Gasteiger partial charge in [0.25, 0.3) is 0 Å². The van der Waals surface area contributed by atoms with Gasteiger partial charge in [0.05, 0.1) is 11.6 Å². The van der Waals surface area contributed by atoms with Crippen LogP contribution in [0.2, 0.25) is 5.02 Å². The van der Waals surface area contributed by atoms with Crippen LogP contribution in [-0.4, -0.2) is 41.3 Å². The molecule has 1 aliphatic rings. The second kappa shape index (κ2) is 6.28. The Kier molecular flexibility index (Phi) is 4.22. The molecule has 2 aromatic heterocycles. The number of anilines is 2. The fraction of sp³-hybridized carbons (Fsp3) is 0.333. The van der Waals surface area contributed by atoms with Crippen molar-refractivity contribution < 1.29 is 5.11 Å². The Labute approximate surface area is 128 Å². The highest BCUT2D eigenvalue weighted by Gasteiger charge is 2.19. The molecular formula is C15H17ClN4O. The molecule has 0 radical (unpaired) electrons. The van der Waals surface area contributed by atoms with Crippen LogP contribution in [0.15, 0.2) is 36.7 Å². The Morgan fingerprint density at radius 1 is 1.05 bits per heavy atom. The second-order valence-corrected chi connectivity index (χ2v) is 5.36. The van der Waals surface area contributed by atoms with Crippen molar-refractivity contribution in [3.05, 3.63) is 47.2 Å². The number of hydrogen-bond donors (Lipinski definition) is 1. The molecule has 5 nitrogen and oxygen atoms in total. The van der Waals surface area contributed by atoms with E-state index in [1.165, 1.54) is 0 Å². The van der Waals surface area contributed by atoms with Crippen LogP contribution < -0.4 is 9.80 Å². The molecule has 0 saturated carbocycles. The summed E-state index contributed by atoms with van der Waals surface area (Å²) in [5.41, 5.74) is 0.717. The Balaban J connectivity index is 1.68. The van der Waals surface area contributed by atoms with Gasteiger partial charge in [-0.05, 0) is 18.2 Å². The topological polar surface area (TPSA) is 52.5 Å². The zero-order valence-corrected chi connectivity index (χ0v) is 12.4. The van der Waals surface area contributed by atoms with E-state index < -0.39 is 0 Å². The summed E-state index contributed by atoms with van der Waals surface area (Å²) in [6, 6.07) is 7.82. The predicted molar refractivity (Wildman–Crippen MR) is 83.8 cm³/mol. The Hall–Kier alpha value is -1.85. The summed E-state index contributed by atoms with van der Waals surface area (Å²) in [4.78, 5) is 13.2. The van der Waals surface area contributed by atoms with Crippen molar-refractivity contribution in [3.63, 3.8) is 0 Å². The first-order valence-electron chi connectivity index (χ1n) is 6.94. The number of rotatable bonds is 3. The van der Waals surface area contributed by atoms with Gasteiger partial charge in [0, 0.05) is 44.1 Å². The highest BCUT2D eigenvalue weighted by atomic mass is 35.5. The average molecular weight is 305 g/mol. The van der Waals surface area contributed by atoms with Crippen molar-refractivity contribution in [2.75, 3.05) is 36.0 Å². The second-order valence-electron chi connectivity index (χ2n) is 4.95. The first-order chi connectivity index (χ1) is 10.3. The van der Waals surface area contributed by atoms with E-state index in [2.05, 4.69) is 19.8 Å². The Bertz CT molecular complexity index is 600. The van der Waals surface area contributed by atoms with Crippen LogP contribution in [-0.2, 0) is 6.61 Å². The first kappa shape index (κ1) is 14.1. The van der Waals surface area contributed by atoms with Gasteiger partial charge < -0.3 is 14.9 Å². The van der Waals surface area contributed by atoms with Crippen LogP contribution in [0.25, 0.3) is 0 Å². The van der Waals surface area contributed by atoms with Gasteiger partial charge in [-0.1, -0.05) is 17.7 Å². The fourth-order valence-corrected chi connectivity index (χ4v) is 2.63. The summed E-state index contributed by atoms with van der Waals surface area (Å²) in [6.45, 7) is 3.47. The van der Waals surface area contributed by atoms with E-state index in [1.807, 2.05) is 30.5 Å². The van der Waals surface area contributed by atoms with Gasteiger partial charge in [0.2, 0.25) is 0 Å². The maximum atomic E-state index is 9.28. The van der Waals surface area contributed by atoms with Crippen molar-refractivity contribution in [3.8, 4) is 0 Å². The van der Waals surface area contributed by atoms with E-state index in [-0.39, 0.29) is 6.61 Å². The van der Waals surface area contributed by atoms with Crippen LogP contribution in [0.1, 0.15) is 5.56 Å². The summed E-state index contributed by atoms with van der Waals surface area (Å²) in [5.74, 6) is 1.88. The van der Waals surface area contributed by atoms with Crippen LogP contribution in [0.3, 0.4) is 0 Å². The highest BCUT2D eigenvalue weighted by molar-refractivity contribution is 6.31. The smallest absolute Gasteiger partial charge is 0.129 e. The van der Waals surface area contributed by atoms with E-state index in [0.717, 1.165) is 37.8 Å². The normalized spacial score (nSPS) is 15.3. The van der Waals surface area contributed by atoms with Crippen LogP contribution in [0, 0.1) is 0 Å². The summed E-state index contributed by atoms with van der Waals surface area (Å²) in [6.07, 6.45) is 3.42. The molecule has 3 rings (SSSR count). The van der Waals surface area contributed by atoms with Gasteiger partial charge in [0.1, 0.15) is 11.6 Å². The van der Waals surface area contributed by atoms with Crippen molar-refractivity contribution in [2.45, 2.75) is 6.61 Å². The lowest BCUT2D eigenvalue weighted by atomic mass is 10.2. The van der Waals surface area contributed by atoms with E-state index in [4.69, 9.17) is 11.6 Å². The molecule has 0 atom stereocenters. The summed E-state index contributed by atoms with van der Waals surface area (Å²) < 4.78 is 0. The molecule has 0 aromatic carbocycles. The number of aromatic nitrogens is 2. The number of aliphatic hydroxyl groups is 1. The molecule has 21 heavy (non-hydrogen) atoms. The Morgan fingerprint density at radius 2 is 1.76 bits per heavy atom. The minimum Gasteiger partial charge on any atom is -0.392 e. The quantitative estimate of drug-likeness (QED) is 0.939. The lowest BCUT2D eigenvalue weighted by molar-refractivity contribution is 0.282. The molecule has 110 valence electrons. The van der Waals surface area contributed by atoms with E-state index >= 15 is 0 Å². The number of hydrogen-bond acceptors (Lipinski definition) is 5. The van der Waals surface area contributed by atoms with Gasteiger partial charge >= 0.3 is 0 Å². The molecule has 1 N–H and O–H groups in total. The lowest BCUT2D eigenvalue weighted by Gasteiger charge is -2.36. The summed E-state index contributed by atoms with van der Waals surface area (Å²) in [7, 11) is 0. The van der Waals surface area contributed by atoms with Crippen LogP contribution >= 0.6 is 11.6 Å². The van der Waals surface area contributed by atoms with E-state index in [1.54, 1.807) is 6.20 Å². The van der Waals surface area contributed by atoms with E-state index in [9.17, 15) is 5.11 Å². The van der Waals surface area contributed by atoms with Gasteiger partial charge in [0.15, 0.2) is 0 Å². The standard InChI is InChI=1S/C15H17ClN4O/c16-13-10-18-15(9-12(13)11-21)20-7-5-19(6-8-20)14-3-1-2-4-17-14/h1-4,9-10,21H,5-8,11H2. The molecular weight excluding hydrogens is 288 g/mol. The molecule has 1 aliphatic heterocycles. The maximum absolute atomic E-state index is 9.28. The summed E-state index contributed by atoms with van der Waals surface area (Å²) in [5, 5.41) is 9.79. The number of halogens is 1. The molecule has 0 aliphatic carbocycles. The van der Waals surface area contributed by atoms with Crippen molar-refractivity contribution in [1.29, 1.82) is 0 Å². The molecule has 0 unspecified atom stereocenters. The summed E-state index contributed by atoms with van der Waals surface area (Å²) >= 11 is 5.98. The monoisotopic (exact) mass is 304 g/mol. The minimum absolute atomic E-state index is 0.0672. The largest absolute Gasteiger partial charge is 0.392 e. The molecule has 0 spiro atoms. The van der Waals surface area contributed by atoms with Gasteiger partial charge in [-0.3, -0.25) is 0 Å². The molecule has 3 heterocycles. The lowest BCUT2D eigenvalue weighted by Crippen LogP contribution is -2.47. The minimum atomic E-state index is -0.0672. The molecule has 1 saturated heterocycles. The fourth-order valence-electron chi connectivity index (χ4n) is 2.47. The predicted octanol–water partition coefficient (Wildman–Crippen LogP) is 1.95. The average Bonchev–Trinajstić information content (AvgIpc) is 2.56. The number of nitrogens with zero attached hydrogens (tertiary/aromatic N) is 4. The van der Waals surface area contributed by atoms with Crippen LogP contribution in [0.5, 0.6) is 0 Å². The molecule has 6 heteroatoms. The van der Waals surface area contributed by atoms with Gasteiger partial charge in [-0.15, -0.1) is 0 Å². The van der Waals surface area contributed by atoms with Crippen LogP contribution in [0.4, 0.5) is 11.6 Å². The zero-order chi connectivity index (χ0) is 14.7. The molecule has 1 fully saturated rings. The number of aliphatic hydroxyl groups excluding tert-OH is 1. The number of piperazine rings is 1. The van der Waals surface area contributed by atoms with Gasteiger partial charge in [-0.2, -0.15) is 0 Å². The Morgan fingerprint density at radius 3 is 2.38 bits per heavy atom. The SMILES string of the molecule is OCc1cc(N2CCN(c3ccccn3)CC2)ncc1Cl. The van der Waals surface area contributed by atoms with Gasteiger partial charge in [-0.25, -0.2) is 9.97 Å². The molecule has 0 bridgehead atoms. The van der Waals surface area contributed by atoms with Crippen molar-refractivity contribution in [1.82, 2.24) is 9.97 Å². The maximum Gasteiger partial charge on any atom is 0.129 e.